The highest BCUT2D eigenvalue weighted by Crippen LogP contribution is 2.13. The lowest BCUT2D eigenvalue weighted by atomic mass is 10.2. The molecule has 0 radical (unpaired) electrons. The molecule has 2 heterocycles. The Bertz CT molecular complexity index is 950. The topological polar surface area (TPSA) is 123 Å². The third-order valence-electron chi connectivity index (χ3n) is 2.55. The number of sulfonamides is 1. The Kier molecular flexibility index (Phi) is 4.54. The van der Waals surface area contributed by atoms with Crippen LogP contribution in [0.3, 0.4) is 0 Å². The van der Waals surface area contributed by atoms with Crippen LogP contribution < -0.4 is 10.8 Å². The van der Waals surface area contributed by atoms with Gasteiger partial charge in [-0.05, 0) is 18.2 Å². The van der Waals surface area contributed by atoms with Gasteiger partial charge in [-0.15, -0.1) is 0 Å². The second-order valence-corrected chi connectivity index (χ2v) is 5.70. The van der Waals surface area contributed by atoms with Gasteiger partial charge in [-0.1, -0.05) is 18.2 Å². The Morgan fingerprint density at radius 3 is 2.41 bits per heavy atom. The van der Waals surface area contributed by atoms with Gasteiger partial charge in [0.1, 0.15) is 5.75 Å². The quantitative estimate of drug-likeness (QED) is 0.695. The van der Waals surface area contributed by atoms with Gasteiger partial charge in [0.25, 0.3) is 10.0 Å². The van der Waals surface area contributed by atoms with Crippen LogP contribution in [0, 0.1) is 0 Å². The van der Waals surface area contributed by atoms with Crippen molar-refractivity contribution < 1.29 is 17.9 Å². The molecule has 2 aromatic heterocycles. The van der Waals surface area contributed by atoms with Crippen LogP contribution in [0.1, 0.15) is 0 Å². The summed E-state index contributed by atoms with van der Waals surface area (Å²) in [6, 6.07) is 12.6. The maximum atomic E-state index is 11.0. The summed E-state index contributed by atoms with van der Waals surface area (Å²) >= 11 is 0. The summed E-state index contributed by atoms with van der Waals surface area (Å²) in [5.41, 5.74) is 0.0871. The van der Waals surface area contributed by atoms with Crippen LogP contribution in [0.2, 0.25) is 0 Å². The predicted octanol–water partition coefficient (Wildman–Crippen LogP) is 1.23. The van der Waals surface area contributed by atoms with Crippen molar-refractivity contribution in [2.75, 3.05) is 0 Å². The Morgan fingerprint density at radius 1 is 1.09 bits per heavy atom. The van der Waals surface area contributed by atoms with Gasteiger partial charge in [-0.3, -0.25) is 0 Å². The lowest BCUT2D eigenvalue weighted by Gasteiger charge is -1.99. The molecule has 0 unspecified atom stereocenters. The van der Waals surface area contributed by atoms with Crippen molar-refractivity contribution in [3.63, 3.8) is 0 Å². The van der Waals surface area contributed by atoms with Crippen LogP contribution in [-0.2, 0) is 10.0 Å². The second-order valence-electron chi connectivity index (χ2n) is 4.20. The van der Waals surface area contributed by atoms with Gasteiger partial charge >= 0.3 is 5.63 Å². The zero-order chi connectivity index (χ0) is 16.2. The molecule has 0 fully saturated rings. The van der Waals surface area contributed by atoms with Gasteiger partial charge in [0.15, 0.2) is 5.03 Å². The molecule has 3 aromatic rings. The number of fused-ring (bicyclic) bond motifs is 1. The van der Waals surface area contributed by atoms with Gasteiger partial charge in [-0.2, -0.15) is 0 Å². The zero-order valence-electron chi connectivity index (χ0n) is 11.2. The molecular formula is C14H12N2O5S. The van der Waals surface area contributed by atoms with Crippen molar-refractivity contribution >= 4 is 20.9 Å². The number of hydrogen-bond acceptors (Lipinski definition) is 6. The molecule has 0 spiro atoms. The van der Waals surface area contributed by atoms with Gasteiger partial charge < -0.3 is 9.52 Å². The minimum atomic E-state index is -3.71. The zero-order valence-corrected chi connectivity index (χ0v) is 12.0. The average molecular weight is 320 g/mol. The van der Waals surface area contributed by atoms with E-state index in [0.29, 0.717) is 5.52 Å². The number of rotatable bonds is 1. The molecule has 22 heavy (non-hydrogen) atoms. The molecule has 3 N–H and O–H groups in total. The van der Waals surface area contributed by atoms with Crippen molar-refractivity contribution in [1.82, 2.24) is 4.98 Å². The largest absolute Gasteiger partial charge is 0.508 e. The Hall–Kier alpha value is -2.71. The van der Waals surface area contributed by atoms with Gasteiger partial charge in [0.2, 0.25) is 0 Å². The van der Waals surface area contributed by atoms with Crippen LogP contribution in [0.15, 0.2) is 69.0 Å². The highest BCUT2D eigenvalue weighted by molar-refractivity contribution is 7.89. The molecule has 0 atom stereocenters. The van der Waals surface area contributed by atoms with Crippen molar-refractivity contribution in [1.29, 1.82) is 0 Å². The normalized spacial score (nSPS) is 10.8. The van der Waals surface area contributed by atoms with Crippen LogP contribution in [0.5, 0.6) is 5.75 Å². The standard InChI is InChI=1S/C9H8N2O2S.C5H4O3/c10-14(12,13)9-6-5-7-3-1-2-4-8(7)11-9;6-4-1-2-8-5(7)3-4/h1-6H,(H2,10,12,13);1-3,6H. The molecule has 0 saturated heterocycles. The summed E-state index contributed by atoms with van der Waals surface area (Å²) in [7, 11) is -3.71. The molecule has 0 bridgehead atoms. The predicted molar refractivity (Wildman–Crippen MR) is 79.8 cm³/mol. The van der Waals surface area contributed by atoms with Crippen LogP contribution in [-0.4, -0.2) is 18.5 Å². The van der Waals surface area contributed by atoms with E-state index >= 15 is 0 Å². The molecule has 0 amide bonds. The molecule has 0 saturated carbocycles. The molecule has 7 nitrogen and oxygen atoms in total. The summed E-state index contributed by atoms with van der Waals surface area (Å²) < 4.78 is 26.3. The summed E-state index contributed by atoms with van der Waals surface area (Å²) in [5, 5.41) is 14.3. The van der Waals surface area contributed by atoms with Crippen molar-refractivity contribution in [2.24, 2.45) is 5.14 Å². The first-order valence-corrected chi connectivity index (χ1v) is 7.57. The maximum absolute atomic E-state index is 11.0. The fraction of sp³-hybridized carbons (Fsp3) is 0. The van der Waals surface area contributed by atoms with E-state index in [1.54, 1.807) is 18.2 Å². The van der Waals surface area contributed by atoms with Gasteiger partial charge in [0, 0.05) is 11.5 Å². The maximum Gasteiger partial charge on any atom is 0.339 e. The number of hydrogen-bond donors (Lipinski definition) is 2. The van der Waals surface area contributed by atoms with Crippen LogP contribution >= 0.6 is 0 Å². The van der Waals surface area contributed by atoms with E-state index < -0.39 is 15.6 Å². The lowest BCUT2D eigenvalue weighted by Crippen LogP contribution is -2.13. The average Bonchev–Trinajstić information content (AvgIpc) is 2.46. The first-order valence-electron chi connectivity index (χ1n) is 6.03. The molecule has 8 heteroatoms. The van der Waals surface area contributed by atoms with E-state index in [0.717, 1.165) is 17.7 Å². The summed E-state index contributed by atoms with van der Waals surface area (Å²) in [4.78, 5) is 14.1. The summed E-state index contributed by atoms with van der Waals surface area (Å²) in [6.45, 7) is 0. The Morgan fingerprint density at radius 2 is 1.82 bits per heavy atom. The number of nitrogens with two attached hydrogens (primary N) is 1. The number of aromatic nitrogens is 1. The molecule has 3 rings (SSSR count). The van der Waals surface area contributed by atoms with E-state index in [9.17, 15) is 13.2 Å². The monoisotopic (exact) mass is 320 g/mol. The van der Waals surface area contributed by atoms with Crippen LogP contribution in [0.25, 0.3) is 10.9 Å². The highest BCUT2D eigenvalue weighted by Gasteiger charge is 2.09. The number of pyridine rings is 1. The lowest BCUT2D eigenvalue weighted by molar-refractivity contribution is 0.447. The number of benzene rings is 1. The fourth-order valence-electron chi connectivity index (χ4n) is 1.58. The minimum Gasteiger partial charge on any atom is -0.508 e. The number of aromatic hydroxyl groups is 1. The fourth-order valence-corrected chi connectivity index (χ4v) is 2.06. The number of primary sulfonamides is 1. The molecule has 1 aromatic carbocycles. The third-order valence-corrected chi connectivity index (χ3v) is 3.36. The second kappa shape index (κ2) is 6.37. The van der Waals surface area contributed by atoms with Gasteiger partial charge in [-0.25, -0.2) is 23.3 Å². The van der Waals surface area contributed by atoms with Crippen molar-refractivity contribution in [3.8, 4) is 5.75 Å². The first kappa shape index (κ1) is 15.7. The van der Waals surface area contributed by atoms with E-state index in [2.05, 4.69) is 9.40 Å². The Balaban J connectivity index is 0.000000188. The van der Waals surface area contributed by atoms with Crippen LogP contribution in [0.4, 0.5) is 0 Å². The number of para-hydroxylation sites is 1. The van der Waals surface area contributed by atoms with E-state index in [1.807, 2.05) is 12.1 Å². The van der Waals surface area contributed by atoms with E-state index in [4.69, 9.17) is 10.2 Å². The molecule has 0 aliphatic rings. The smallest absolute Gasteiger partial charge is 0.339 e. The third kappa shape index (κ3) is 4.14. The summed E-state index contributed by atoms with van der Waals surface area (Å²) in [6.07, 6.45) is 1.14. The van der Waals surface area contributed by atoms with E-state index in [1.165, 1.54) is 12.1 Å². The Labute approximate surface area is 125 Å². The summed E-state index contributed by atoms with van der Waals surface area (Å²) in [5.74, 6) is -0.0683. The first-order chi connectivity index (χ1) is 10.4. The SMILES string of the molecule is NS(=O)(=O)c1ccc2ccccc2n1.O=c1cc(O)cco1. The van der Waals surface area contributed by atoms with Crippen molar-refractivity contribution in [2.45, 2.75) is 5.03 Å². The highest BCUT2D eigenvalue weighted by atomic mass is 32.2. The molecule has 0 aliphatic heterocycles. The van der Waals surface area contributed by atoms with Crippen molar-refractivity contribution in [3.05, 3.63) is 65.2 Å². The number of nitrogens with zero attached hydrogens (tertiary/aromatic N) is 1. The molecular weight excluding hydrogens is 308 g/mol. The molecule has 114 valence electrons. The van der Waals surface area contributed by atoms with E-state index in [-0.39, 0.29) is 10.8 Å². The van der Waals surface area contributed by atoms with Gasteiger partial charge in [0.05, 0.1) is 17.8 Å². The minimum absolute atomic E-state index is 0.0683. The molecule has 0 aliphatic carbocycles.